The number of halogens is 1. The van der Waals surface area contributed by atoms with Gasteiger partial charge in [-0.2, -0.15) is 0 Å². The topological polar surface area (TPSA) is 38.9 Å². The molecule has 0 aliphatic rings. The SMILES string of the molecule is [2H]C(C)(C)c1ccnc(-c2[c-]ccc3c2oc2ccccc23)c1.[2H]C([2H])([2H])c1c[c-]c(-c2cc(CC(C)C)[c]([Ge]([CH3])([CH3])[CH3])cn2)c(F)c1.[Ir]. The van der Waals surface area contributed by atoms with E-state index in [0.29, 0.717) is 11.6 Å². The summed E-state index contributed by atoms with van der Waals surface area (Å²) in [5, 5.41) is 2.15. The molecule has 0 fully saturated rings. The van der Waals surface area contributed by atoms with E-state index in [1.807, 2.05) is 68.6 Å². The fraction of sp³-hybridized carbons (Fsp3) is 0.282. The molecule has 0 bridgehead atoms. The summed E-state index contributed by atoms with van der Waals surface area (Å²) in [4.78, 5) is 8.94. The first-order chi connectivity index (χ1) is 22.4. The number of aromatic nitrogens is 2. The van der Waals surface area contributed by atoms with Gasteiger partial charge in [0.2, 0.25) is 0 Å². The van der Waals surface area contributed by atoms with Crippen LogP contribution in [0, 0.1) is 30.7 Å². The van der Waals surface area contributed by atoms with E-state index in [-0.39, 0.29) is 31.2 Å². The van der Waals surface area contributed by atoms with Crippen LogP contribution in [0.25, 0.3) is 44.5 Å². The second-order valence-corrected chi connectivity index (χ2v) is 23.4. The molecule has 0 N–H and O–H groups in total. The Labute approximate surface area is 289 Å². The third kappa shape index (κ3) is 8.00. The zero-order valence-corrected chi connectivity index (χ0v) is 31.3. The molecule has 6 heteroatoms. The minimum Gasteiger partial charge on any atom is 0 e. The van der Waals surface area contributed by atoms with Crippen LogP contribution in [-0.4, -0.2) is 23.2 Å². The summed E-state index contributed by atoms with van der Waals surface area (Å²) < 4.78 is 52.3. The molecule has 0 amide bonds. The van der Waals surface area contributed by atoms with E-state index in [4.69, 9.17) is 9.90 Å². The molecule has 0 aliphatic carbocycles. The predicted octanol–water partition coefficient (Wildman–Crippen LogP) is 10.3. The molecule has 6 aromatic rings. The molecule has 3 nitrogen and oxygen atoms in total. The van der Waals surface area contributed by atoms with Crippen LogP contribution in [0.4, 0.5) is 4.39 Å². The molecule has 45 heavy (non-hydrogen) atoms. The molecule has 0 saturated carbocycles. The van der Waals surface area contributed by atoms with Crippen molar-refractivity contribution in [3.8, 4) is 22.5 Å². The van der Waals surface area contributed by atoms with Crippen LogP contribution in [0.3, 0.4) is 0 Å². The molecule has 3 aromatic carbocycles. The smallest absolute Gasteiger partial charge is 0 e. The first kappa shape index (κ1) is 29.3. The summed E-state index contributed by atoms with van der Waals surface area (Å²) >= 11 is -2.08. The van der Waals surface area contributed by atoms with Crippen molar-refractivity contribution in [2.75, 3.05) is 0 Å². The zero-order valence-electron chi connectivity index (χ0n) is 30.8. The third-order valence-corrected chi connectivity index (χ3v) is 11.8. The van der Waals surface area contributed by atoms with E-state index < -0.39 is 31.8 Å². The number of para-hydroxylation sites is 1. The number of pyridine rings is 2. The van der Waals surface area contributed by atoms with Gasteiger partial charge in [-0.25, -0.2) is 0 Å². The van der Waals surface area contributed by atoms with E-state index in [1.165, 1.54) is 16.0 Å². The Bertz CT molecular complexity index is 2080. The molecule has 6 rings (SSSR count). The van der Waals surface area contributed by atoms with Gasteiger partial charge in [0.1, 0.15) is 5.58 Å². The number of aryl methyl sites for hydroxylation is 1. The molecule has 0 saturated heterocycles. The Morgan fingerprint density at radius 2 is 1.69 bits per heavy atom. The fourth-order valence-electron chi connectivity index (χ4n) is 5.34. The third-order valence-electron chi connectivity index (χ3n) is 7.51. The molecule has 0 aliphatic heterocycles. The molecule has 3 aromatic heterocycles. The number of hydrogen-bond donors (Lipinski definition) is 0. The van der Waals surface area contributed by atoms with Crippen molar-refractivity contribution < 1.29 is 34.4 Å². The maximum absolute atomic E-state index is 14.5. The van der Waals surface area contributed by atoms with Crippen molar-refractivity contribution >= 4 is 39.6 Å². The number of furan rings is 1. The van der Waals surface area contributed by atoms with Crippen LogP contribution in [0.2, 0.25) is 17.3 Å². The molecule has 0 atom stereocenters. The van der Waals surface area contributed by atoms with Gasteiger partial charge in [0, 0.05) is 33.1 Å². The second-order valence-electron chi connectivity index (χ2n) is 12.8. The van der Waals surface area contributed by atoms with E-state index in [0.717, 1.165) is 51.2 Å². The van der Waals surface area contributed by atoms with Crippen LogP contribution in [0.15, 0.2) is 83.5 Å². The Morgan fingerprint density at radius 1 is 0.933 bits per heavy atom. The second kappa shape index (κ2) is 14.5. The Hall–Kier alpha value is -3.12. The molecular weight excluding hydrogens is 796 g/mol. The average Bonchev–Trinajstić information content (AvgIpc) is 3.39. The minimum absolute atomic E-state index is 0. The number of rotatable bonds is 6. The van der Waals surface area contributed by atoms with Crippen molar-refractivity contribution in [2.24, 2.45) is 5.92 Å². The van der Waals surface area contributed by atoms with E-state index in [2.05, 4.69) is 59.3 Å². The first-order valence-electron chi connectivity index (χ1n) is 16.9. The Morgan fingerprint density at radius 3 is 2.38 bits per heavy atom. The van der Waals surface area contributed by atoms with Gasteiger partial charge < -0.3 is 9.40 Å². The largest absolute Gasteiger partial charge is 0 e. The predicted molar refractivity (Wildman–Crippen MR) is 185 cm³/mol. The van der Waals surface area contributed by atoms with Gasteiger partial charge in [-0.3, -0.25) is 0 Å². The maximum Gasteiger partial charge on any atom is 0 e. The van der Waals surface area contributed by atoms with Crippen molar-refractivity contribution in [2.45, 2.75) is 64.1 Å². The number of fused-ring (bicyclic) bond motifs is 3. The van der Waals surface area contributed by atoms with Crippen molar-refractivity contribution in [1.29, 1.82) is 0 Å². The van der Waals surface area contributed by atoms with E-state index in [1.54, 1.807) is 6.20 Å². The van der Waals surface area contributed by atoms with Gasteiger partial charge in [0.25, 0.3) is 0 Å². The summed E-state index contributed by atoms with van der Waals surface area (Å²) in [5.74, 6) is 6.18. The van der Waals surface area contributed by atoms with Gasteiger partial charge in [0.15, 0.2) is 0 Å². The van der Waals surface area contributed by atoms with Gasteiger partial charge in [0.05, 0.1) is 5.58 Å². The number of benzene rings is 3. The molecule has 1 radical (unpaired) electrons. The standard InChI is InChI=1S/C20H16NO.C19H25FGeN.Ir/c1-13(2)14-10-11-21-18(12-14)17-8-5-7-16-15-6-3-4-9-19(15)22-20(16)17;1-13(2)9-15-11-19(22-12-18(15)21(4,5)6)16-8-7-14(3)10-17(16)20;/h3-7,9-13H,1-2H3;7,10-13H,9H2,1-6H3;/q2*-1;/i13D;3D3;. The summed E-state index contributed by atoms with van der Waals surface area (Å²) in [7, 11) is 0. The van der Waals surface area contributed by atoms with Crippen LogP contribution < -0.4 is 4.40 Å². The van der Waals surface area contributed by atoms with Crippen LogP contribution in [0.5, 0.6) is 0 Å². The van der Waals surface area contributed by atoms with E-state index >= 15 is 0 Å². The molecule has 0 unspecified atom stereocenters. The fourth-order valence-corrected chi connectivity index (χ4v) is 8.68. The van der Waals surface area contributed by atoms with Gasteiger partial charge in [-0.05, 0) is 23.7 Å². The molecular formula is C39H41FGeIrN2O-2. The Balaban J connectivity index is 0.000000217. The van der Waals surface area contributed by atoms with E-state index in [9.17, 15) is 4.39 Å². The van der Waals surface area contributed by atoms with Crippen LogP contribution in [-0.2, 0) is 26.5 Å². The minimum atomic E-state index is -2.34. The summed E-state index contributed by atoms with van der Waals surface area (Å²) in [5.41, 5.74) is 6.12. The summed E-state index contributed by atoms with van der Waals surface area (Å²) in [6, 6.07) is 26.2. The Kier molecular flexibility index (Phi) is 9.46. The molecule has 3 heterocycles. The van der Waals surface area contributed by atoms with Gasteiger partial charge in [-0.15, -0.1) is 18.2 Å². The summed E-state index contributed by atoms with van der Waals surface area (Å²) in [6.07, 6.45) is 4.55. The van der Waals surface area contributed by atoms with Crippen LogP contribution >= 0.6 is 0 Å². The number of hydrogen-bond acceptors (Lipinski definition) is 3. The quantitative estimate of drug-likeness (QED) is 0.124. The van der Waals surface area contributed by atoms with Gasteiger partial charge >= 0.3 is 140 Å². The average molecular weight is 842 g/mol. The summed E-state index contributed by atoms with van der Waals surface area (Å²) in [6.45, 7) is 5.74. The maximum atomic E-state index is 14.5. The van der Waals surface area contributed by atoms with Crippen molar-refractivity contribution in [1.82, 2.24) is 9.97 Å². The normalized spacial score (nSPS) is 13.4. The van der Waals surface area contributed by atoms with Gasteiger partial charge in [-0.1, -0.05) is 54.6 Å². The first-order valence-corrected chi connectivity index (χ1v) is 22.3. The van der Waals surface area contributed by atoms with Crippen molar-refractivity contribution in [3.63, 3.8) is 0 Å². The van der Waals surface area contributed by atoms with Crippen LogP contribution in [0.1, 0.15) is 55.8 Å². The van der Waals surface area contributed by atoms with Crippen molar-refractivity contribution in [3.05, 3.63) is 114 Å². The molecule has 235 valence electrons. The number of nitrogens with zero attached hydrogens (tertiary/aromatic N) is 2. The zero-order chi connectivity index (χ0) is 35.0. The monoisotopic (exact) mass is 843 g/mol. The molecule has 0 spiro atoms.